The van der Waals surface area contributed by atoms with Gasteiger partial charge in [-0.05, 0) is 67.4 Å². The van der Waals surface area contributed by atoms with E-state index in [0.29, 0.717) is 5.92 Å². The van der Waals surface area contributed by atoms with Gasteiger partial charge >= 0.3 is 0 Å². The van der Waals surface area contributed by atoms with E-state index in [1.165, 1.54) is 31.5 Å². The van der Waals surface area contributed by atoms with Crippen LogP contribution in [0.1, 0.15) is 57.9 Å². The highest BCUT2D eigenvalue weighted by atomic mass is 35.5. The number of nitrogens with one attached hydrogen (secondary N) is 1. The Balaban J connectivity index is 1.53. The third-order valence-corrected chi connectivity index (χ3v) is 6.80. The van der Waals surface area contributed by atoms with Crippen LogP contribution < -0.4 is 5.43 Å². The maximum atomic E-state index is 13.8. The van der Waals surface area contributed by atoms with Gasteiger partial charge in [-0.2, -0.15) is 5.10 Å². The first kappa shape index (κ1) is 17.0. The lowest BCUT2D eigenvalue weighted by Gasteiger charge is -2.64. The Morgan fingerprint density at radius 2 is 1.92 bits per heavy atom. The van der Waals surface area contributed by atoms with E-state index in [2.05, 4.69) is 24.4 Å². The van der Waals surface area contributed by atoms with Crippen molar-refractivity contribution < 1.29 is 9.18 Å². The molecule has 1 amide bonds. The predicted molar refractivity (Wildman–Crippen MR) is 97.0 cm³/mol. The van der Waals surface area contributed by atoms with Crippen LogP contribution in [-0.4, -0.2) is 12.1 Å². The van der Waals surface area contributed by atoms with Gasteiger partial charge < -0.3 is 0 Å². The number of carbonyl (C=O) groups is 1. The van der Waals surface area contributed by atoms with E-state index in [9.17, 15) is 9.18 Å². The molecule has 0 heterocycles. The fourth-order valence-corrected chi connectivity index (χ4v) is 6.82. The summed E-state index contributed by atoms with van der Waals surface area (Å²) >= 11 is 5.99. The molecule has 1 aromatic carbocycles. The molecule has 4 saturated carbocycles. The second kappa shape index (κ2) is 5.54. The van der Waals surface area contributed by atoms with Crippen LogP contribution >= 0.6 is 11.6 Å². The molecule has 2 atom stereocenters. The second-order valence-corrected chi connectivity index (χ2v) is 9.65. The van der Waals surface area contributed by atoms with Gasteiger partial charge in [0.05, 0.1) is 16.7 Å². The van der Waals surface area contributed by atoms with E-state index in [1.54, 1.807) is 12.1 Å². The van der Waals surface area contributed by atoms with E-state index in [-0.39, 0.29) is 32.7 Å². The zero-order chi connectivity index (χ0) is 17.9. The molecule has 0 aromatic heterocycles. The van der Waals surface area contributed by atoms with E-state index < -0.39 is 5.82 Å². The summed E-state index contributed by atoms with van der Waals surface area (Å²) in [6.07, 6.45) is 7.85. The molecule has 0 spiro atoms. The fraction of sp³-hybridized carbons (Fsp3) is 0.600. The molecule has 4 fully saturated rings. The zero-order valence-electron chi connectivity index (χ0n) is 14.7. The van der Waals surface area contributed by atoms with Crippen LogP contribution in [0, 0.1) is 28.0 Å². The number of hydrogen-bond donors (Lipinski definition) is 1. The summed E-state index contributed by atoms with van der Waals surface area (Å²) in [7, 11) is 0. The van der Waals surface area contributed by atoms with E-state index in [4.69, 9.17) is 11.6 Å². The summed E-state index contributed by atoms with van der Waals surface area (Å²) in [5.41, 5.74) is 3.10. The topological polar surface area (TPSA) is 41.5 Å². The van der Waals surface area contributed by atoms with Gasteiger partial charge in [-0.15, -0.1) is 0 Å². The molecular weight excluding hydrogens is 339 g/mol. The Labute approximate surface area is 153 Å². The molecule has 5 rings (SSSR count). The van der Waals surface area contributed by atoms with E-state index in [0.717, 1.165) is 19.3 Å². The van der Waals surface area contributed by atoms with Gasteiger partial charge in [0.1, 0.15) is 5.82 Å². The maximum Gasteiger partial charge on any atom is 0.246 e. The fourth-order valence-electron chi connectivity index (χ4n) is 6.61. The lowest BCUT2D eigenvalue weighted by Crippen LogP contribution is -2.59. The summed E-state index contributed by atoms with van der Waals surface area (Å²) in [5.74, 6) is 0.181. The number of hydrazone groups is 1. The largest absolute Gasteiger partial charge is 0.273 e. The van der Waals surface area contributed by atoms with Crippen LogP contribution in [0.4, 0.5) is 4.39 Å². The Hall–Kier alpha value is -1.42. The van der Waals surface area contributed by atoms with Crippen molar-refractivity contribution >= 4 is 23.7 Å². The minimum Gasteiger partial charge on any atom is -0.273 e. The van der Waals surface area contributed by atoms with Crippen LogP contribution in [0.3, 0.4) is 0 Å². The number of halogens is 2. The average Bonchev–Trinajstić information content (AvgIpc) is 2.46. The molecule has 134 valence electrons. The minimum absolute atomic E-state index is 0.0160. The number of nitrogens with zero attached hydrogens (tertiary/aromatic N) is 1. The van der Waals surface area contributed by atoms with Crippen molar-refractivity contribution in [3.05, 3.63) is 34.6 Å². The van der Waals surface area contributed by atoms with Gasteiger partial charge in [0.25, 0.3) is 0 Å². The maximum absolute atomic E-state index is 13.8. The monoisotopic (exact) mass is 362 g/mol. The molecule has 0 radical (unpaired) electrons. The highest BCUT2D eigenvalue weighted by Crippen LogP contribution is 2.69. The molecule has 3 nitrogen and oxygen atoms in total. The Morgan fingerprint density at radius 1 is 1.24 bits per heavy atom. The lowest BCUT2D eigenvalue weighted by molar-refractivity contribution is -0.170. The number of carbonyl (C=O) groups excluding carboxylic acids is 1. The van der Waals surface area contributed by atoms with Crippen molar-refractivity contribution in [2.45, 2.75) is 52.4 Å². The van der Waals surface area contributed by atoms with Gasteiger partial charge in [-0.3, -0.25) is 4.79 Å². The molecule has 0 aliphatic heterocycles. The number of rotatable bonds is 3. The van der Waals surface area contributed by atoms with Gasteiger partial charge in [0, 0.05) is 5.56 Å². The smallest absolute Gasteiger partial charge is 0.246 e. The summed E-state index contributed by atoms with van der Waals surface area (Å²) in [6, 6.07) is 4.48. The summed E-state index contributed by atoms with van der Waals surface area (Å²) in [4.78, 5) is 13.0. The quantitative estimate of drug-likeness (QED) is 0.601. The van der Waals surface area contributed by atoms with Crippen molar-refractivity contribution in [1.82, 2.24) is 5.43 Å². The highest BCUT2D eigenvalue weighted by molar-refractivity contribution is 6.33. The number of amides is 1. The Bertz CT molecular complexity index is 724. The highest BCUT2D eigenvalue weighted by Gasteiger charge is 2.62. The first-order valence-corrected chi connectivity index (χ1v) is 9.38. The number of hydrogen-bond acceptors (Lipinski definition) is 2. The first-order valence-electron chi connectivity index (χ1n) is 9.00. The predicted octanol–water partition coefficient (Wildman–Crippen LogP) is 4.93. The summed E-state index contributed by atoms with van der Waals surface area (Å²) < 4.78 is 13.8. The second-order valence-electron chi connectivity index (χ2n) is 9.24. The third kappa shape index (κ3) is 2.88. The first-order chi connectivity index (χ1) is 11.7. The Morgan fingerprint density at radius 3 is 2.52 bits per heavy atom. The van der Waals surface area contributed by atoms with Gasteiger partial charge in [0.2, 0.25) is 5.91 Å². The molecular formula is C20H24ClFN2O. The van der Waals surface area contributed by atoms with Gasteiger partial charge in [-0.25, -0.2) is 9.82 Å². The van der Waals surface area contributed by atoms with Crippen molar-refractivity contribution in [1.29, 1.82) is 0 Å². The lowest BCUT2D eigenvalue weighted by atomic mass is 9.40. The molecule has 4 bridgehead atoms. The number of benzene rings is 1. The average molecular weight is 363 g/mol. The molecule has 4 aliphatic carbocycles. The molecule has 1 N–H and O–H groups in total. The van der Waals surface area contributed by atoms with Crippen molar-refractivity contribution in [2.24, 2.45) is 27.3 Å². The van der Waals surface area contributed by atoms with E-state index >= 15 is 0 Å². The van der Waals surface area contributed by atoms with Crippen molar-refractivity contribution in [2.75, 3.05) is 0 Å². The normalized spacial score (nSPS) is 39.1. The Kier molecular flexibility index (Phi) is 3.77. The van der Waals surface area contributed by atoms with Crippen molar-refractivity contribution in [3.63, 3.8) is 0 Å². The SMILES string of the molecule is CC12CC3CC(C)(C1)CC(C(=O)N/N=C/c1c(F)cccc1Cl)(C3)C2. The van der Waals surface area contributed by atoms with Crippen LogP contribution in [0.25, 0.3) is 0 Å². The molecule has 1 aromatic rings. The third-order valence-electron chi connectivity index (χ3n) is 6.47. The molecule has 5 heteroatoms. The zero-order valence-corrected chi connectivity index (χ0v) is 15.5. The van der Waals surface area contributed by atoms with Crippen LogP contribution in [0.2, 0.25) is 5.02 Å². The van der Waals surface area contributed by atoms with Crippen LogP contribution in [0.15, 0.2) is 23.3 Å². The van der Waals surface area contributed by atoms with Crippen LogP contribution in [-0.2, 0) is 4.79 Å². The molecule has 4 aliphatic rings. The van der Waals surface area contributed by atoms with Crippen molar-refractivity contribution in [3.8, 4) is 0 Å². The molecule has 2 unspecified atom stereocenters. The van der Waals surface area contributed by atoms with Gasteiger partial charge in [0.15, 0.2) is 0 Å². The molecule has 25 heavy (non-hydrogen) atoms. The minimum atomic E-state index is -0.444. The van der Waals surface area contributed by atoms with Gasteiger partial charge in [-0.1, -0.05) is 31.5 Å². The molecule has 0 saturated heterocycles. The van der Waals surface area contributed by atoms with Crippen LogP contribution in [0.5, 0.6) is 0 Å². The standard InChI is InChI=1S/C20H24ClFN2O/c1-18-6-13-7-19(2,10-18)12-20(8-13,11-18)17(25)24-23-9-14-15(21)4-3-5-16(14)22/h3-5,9,13H,6-8,10-12H2,1-2H3,(H,24,25)/b23-9+. The van der Waals surface area contributed by atoms with E-state index in [1.807, 2.05) is 0 Å². The summed E-state index contributed by atoms with van der Waals surface area (Å²) in [5, 5.41) is 4.30. The summed E-state index contributed by atoms with van der Waals surface area (Å²) in [6.45, 7) is 4.67.